The van der Waals surface area contributed by atoms with E-state index in [0.717, 1.165) is 55.9 Å². The topological polar surface area (TPSA) is 48.0 Å². The quantitative estimate of drug-likeness (QED) is 0.416. The second kappa shape index (κ2) is 9.86. The van der Waals surface area contributed by atoms with Crippen molar-refractivity contribution in [2.75, 3.05) is 27.8 Å². The van der Waals surface area contributed by atoms with E-state index in [0.29, 0.717) is 0 Å². The fourth-order valence-electron chi connectivity index (χ4n) is 4.99. The monoisotopic (exact) mass is 415 g/mol. The maximum absolute atomic E-state index is 12.6. The molecule has 1 unspecified atom stereocenters. The van der Waals surface area contributed by atoms with Crippen LogP contribution in [0.4, 0.5) is 0 Å². The molecule has 0 spiro atoms. The van der Waals surface area contributed by atoms with E-state index in [-0.39, 0.29) is 23.3 Å². The number of carbonyl (C=O) groups excluding carboxylic acids is 1. The number of likely N-dealkylation sites (tertiary alicyclic amines) is 1. The normalized spacial score (nSPS) is 24.7. The summed E-state index contributed by atoms with van der Waals surface area (Å²) in [7, 11) is 5.49. The number of rotatable bonds is 9. The van der Waals surface area contributed by atoms with Gasteiger partial charge in [0.1, 0.15) is 5.76 Å². The van der Waals surface area contributed by atoms with Crippen LogP contribution >= 0.6 is 0 Å². The van der Waals surface area contributed by atoms with Crippen molar-refractivity contribution in [3.8, 4) is 11.5 Å². The highest BCUT2D eigenvalue weighted by molar-refractivity contribution is 5.73. The van der Waals surface area contributed by atoms with E-state index in [1.54, 1.807) is 14.2 Å². The molecule has 2 aliphatic rings. The number of unbranched alkanes of at least 4 members (excludes halogenated alkanes) is 2. The van der Waals surface area contributed by atoms with E-state index in [1.807, 2.05) is 13.0 Å². The van der Waals surface area contributed by atoms with Crippen molar-refractivity contribution in [2.24, 2.45) is 5.92 Å². The molecule has 0 amide bonds. The number of hydrogen-bond acceptors (Lipinski definition) is 5. The fourth-order valence-corrected chi connectivity index (χ4v) is 4.99. The van der Waals surface area contributed by atoms with Crippen LogP contribution in [0.25, 0.3) is 0 Å². The first kappa shape index (κ1) is 22.7. The van der Waals surface area contributed by atoms with E-state index in [4.69, 9.17) is 14.2 Å². The molecule has 1 heterocycles. The second-order valence-electron chi connectivity index (χ2n) is 8.85. The Bertz CT molecular complexity index is 774. The summed E-state index contributed by atoms with van der Waals surface area (Å²) in [4.78, 5) is 14.9. The van der Waals surface area contributed by atoms with E-state index < -0.39 is 0 Å². The van der Waals surface area contributed by atoms with Crippen molar-refractivity contribution < 1.29 is 19.0 Å². The van der Waals surface area contributed by atoms with Gasteiger partial charge in [0.2, 0.25) is 0 Å². The molecule has 0 bridgehead atoms. The van der Waals surface area contributed by atoms with Gasteiger partial charge in [-0.3, -0.25) is 9.69 Å². The third-order valence-electron chi connectivity index (χ3n) is 6.95. The highest BCUT2D eigenvalue weighted by Gasteiger charge is 2.48. The van der Waals surface area contributed by atoms with Gasteiger partial charge in [-0.05, 0) is 56.6 Å². The molecule has 3 rings (SSSR count). The second-order valence-corrected chi connectivity index (χ2v) is 8.85. The Labute approximate surface area is 181 Å². The molecule has 3 atom stereocenters. The third kappa shape index (κ3) is 4.51. The Kier molecular flexibility index (Phi) is 7.45. The maximum Gasteiger partial charge on any atom is 0.313 e. The van der Waals surface area contributed by atoms with Crippen LogP contribution in [-0.4, -0.2) is 44.7 Å². The average molecular weight is 416 g/mol. The van der Waals surface area contributed by atoms with Crippen LogP contribution in [0.3, 0.4) is 0 Å². The number of likely N-dealkylation sites (N-methyl/N-ethyl adjacent to an activating group) is 1. The first-order valence-corrected chi connectivity index (χ1v) is 11.3. The lowest BCUT2D eigenvalue weighted by Crippen LogP contribution is -2.42. The Hall–Kier alpha value is -2.01. The Morgan fingerprint density at radius 2 is 1.97 bits per heavy atom. The highest BCUT2D eigenvalue weighted by Crippen LogP contribution is 2.49. The molecule has 1 aromatic rings. The molecule has 30 heavy (non-hydrogen) atoms. The molecule has 1 fully saturated rings. The summed E-state index contributed by atoms with van der Waals surface area (Å²) < 4.78 is 16.8. The number of fused-ring (bicyclic) bond motifs is 1. The summed E-state index contributed by atoms with van der Waals surface area (Å²) in [5, 5.41) is 0. The van der Waals surface area contributed by atoms with Gasteiger partial charge in [0.25, 0.3) is 0 Å². The highest BCUT2D eigenvalue weighted by atomic mass is 16.5. The zero-order chi connectivity index (χ0) is 21.7. The van der Waals surface area contributed by atoms with Crippen LogP contribution in [-0.2, 0) is 14.9 Å². The number of nitrogens with zero attached hydrogens (tertiary/aromatic N) is 1. The van der Waals surface area contributed by atoms with E-state index in [1.165, 1.54) is 18.4 Å². The minimum absolute atomic E-state index is 0.0109. The van der Waals surface area contributed by atoms with Crippen LogP contribution in [0.2, 0.25) is 0 Å². The number of carbonyl (C=O) groups is 1. The number of esters is 1. The van der Waals surface area contributed by atoms with Gasteiger partial charge in [-0.2, -0.15) is 0 Å². The van der Waals surface area contributed by atoms with Gasteiger partial charge in [0, 0.05) is 17.9 Å². The minimum Gasteiger partial charge on any atom is -0.493 e. The lowest BCUT2D eigenvalue weighted by atomic mass is 9.68. The van der Waals surface area contributed by atoms with E-state index in [2.05, 4.69) is 37.1 Å². The SMILES string of the molecule is CCCCCC(C)C(=O)OC1=C[C@@H]2N(C)CC[C@]2(c2ccc(OC)c(OC)c2)CC1. The molecule has 1 aliphatic heterocycles. The van der Waals surface area contributed by atoms with Crippen LogP contribution in [0.1, 0.15) is 64.4 Å². The van der Waals surface area contributed by atoms with Crippen LogP contribution in [0.15, 0.2) is 30.0 Å². The molecular weight excluding hydrogens is 378 g/mol. The van der Waals surface area contributed by atoms with Gasteiger partial charge in [-0.15, -0.1) is 0 Å². The van der Waals surface area contributed by atoms with Crippen LogP contribution in [0.5, 0.6) is 11.5 Å². The minimum atomic E-state index is -0.0865. The summed E-state index contributed by atoms with van der Waals surface area (Å²) >= 11 is 0. The third-order valence-corrected chi connectivity index (χ3v) is 6.95. The molecule has 5 heteroatoms. The van der Waals surface area contributed by atoms with Gasteiger partial charge in [0.15, 0.2) is 11.5 Å². The molecule has 1 aromatic carbocycles. The van der Waals surface area contributed by atoms with Crippen molar-refractivity contribution in [2.45, 2.75) is 70.3 Å². The summed E-state index contributed by atoms with van der Waals surface area (Å²) in [5.41, 5.74) is 1.28. The number of hydrogen-bond donors (Lipinski definition) is 0. The van der Waals surface area contributed by atoms with E-state index >= 15 is 0 Å². The molecule has 0 aromatic heterocycles. The Balaban J connectivity index is 1.78. The van der Waals surface area contributed by atoms with Gasteiger partial charge in [-0.25, -0.2) is 0 Å². The molecule has 5 nitrogen and oxygen atoms in total. The smallest absolute Gasteiger partial charge is 0.313 e. The van der Waals surface area contributed by atoms with Gasteiger partial charge < -0.3 is 14.2 Å². The molecule has 1 aliphatic carbocycles. The number of ether oxygens (including phenoxy) is 3. The molecular formula is C25H37NO4. The van der Waals surface area contributed by atoms with Gasteiger partial charge in [0.05, 0.1) is 20.1 Å². The molecule has 1 saturated heterocycles. The van der Waals surface area contributed by atoms with Crippen molar-refractivity contribution in [3.05, 3.63) is 35.6 Å². The Morgan fingerprint density at radius 3 is 2.67 bits per heavy atom. The first-order chi connectivity index (χ1) is 14.4. The van der Waals surface area contributed by atoms with Crippen molar-refractivity contribution in [1.29, 1.82) is 0 Å². The molecule has 0 saturated carbocycles. The molecule has 0 N–H and O–H groups in total. The van der Waals surface area contributed by atoms with Crippen molar-refractivity contribution >= 4 is 5.97 Å². The van der Waals surface area contributed by atoms with E-state index in [9.17, 15) is 4.79 Å². The van der Waals surface area contributed by atoms with Gasteiger partial charge >= 0.3 is 5.97 Å². The van der Waals surface area contributed by atoms with Crippen LogP contribution in [0, 0.1) is 5.92 Å². The molecule has 0 radical (unpaired) electrons. The predicted octanol–water partition coefficient (Wildman–Crippen LogP) is 5.08. The summed E-state index contributed by atoms with van der Waals surface area (Å²) in [5.74, 6) is 2.21. The summed E-state index contributed by atoms with van der Waals surface area (Å²) in [6.07, 6.45) is 9.32. The maximum atomic E-state index is 12.6. The van der Waals surface area contributed by atoms with Crippen molar-refractivity contribution in [1.82, 2.24) is 4.90 Å². The lowest BCUT2D eigenvalue weighted by Gasteiger charge is -2.40. The zero-order valence-electron chi connectivity index (χ0n) is 19.2. The molecule has 166 valence electrons. The number of methoxy groups -OCH3 is 2. The standard InChI is InChI=1S/C25H37NO4/c1-6-7-8-9-18(2)24(27)30-20-12-13-25(14-15-26(3)23(25)17-20)19-10-11-21(28-4)22(16-19)29-5/h10-11,16-18,23H,6-9,12-15H2,1-5H3/t18?,23-,25-/m0/s1. The predicted molar refractivity (Wildman–Crippen MR) is 119 cm³/mol. The average Bonchev–Trinajstić information content (AvgIpc) is 3.10. The Morgan fingerprint density at radius 1 is 1.20 bits per heavy atom. The largest absolute Gasteiger partial charge is 0.493 e. The summed E-state index contributed by atoms with van der Waals surface area (Å²) in [6, 6.07) is 6.48. The number of benzene rings is 1. The fraction of sp³-hybridized carbons (Fsp3) is 0.640. The number of allylic oxidation sites excluding steroid dienone is 1. The first-order valence-electron chi connectivity index (χ1n) is 11.3. The zero-order valence-corrected chi connectivity index (χ0v) is 19.2. The van der Waals surface area contributed by atoms with Crippen molar-refractivity contribution in [3.63, 3.8) is 0 Å². The van der Waals surface area contributed by atoms with Crippen LogP contribution < -0.4 is 9.47 Å². The summed E-state index contributed by atoms with van der Waals surface area (Å²) in [6.45, 7) is 5.18. The van der Waals surface area contributed by atoms with Gasteiger partial charge in [-0.1, -0.05) is 39.2 Å². The lowest BCUT2D eigenvalue weighted by molar-refractivity contribution is -0.144.